The smallest absolute Gasteiger partial charge is 0.329 e. The van der Waals surface area contributed by atoms with E-state index in [1.54, 1.807) is 40.8 Å². The molecule has 3 heterocycles. The molecule has 4 rings (SSSR count). The minimum atomic E-state index is -0.620. The topological polar surface area (TPSA) is 107 Å². The molecule has 10 nitrogen and oxygen atoms in total. The van der Waals surface area contributed by atoms with Gasteiger partial charge in [0.1, 0.15) is 11.6 Å². The number of halogens is 1. The van der Waals surface area contributed by atoms with Crippen LogP contribution in [0.4, 0.5) is 42.5 Å². The van der Waals surface area contributed by atoms with E-state index >= 15 is 0 Å². The van der Waals surface area contributed by atoms with Crippen molar-refractivity contribution >= 4 is 40.6 Å². The molecular weight excluding hydrogens is 475 g/mol. The van der Waals surface area contributed by atoms with E-state index in [1.807, 2.05) is 40.7 Å². The molecule has 0 atom stereocenters. The van der Waals surface area contributed by atoms with Gasteiger partial charge in [0.15, 0.2) is 0 Å². The Morgan fingerprint density at radius 1 is 1.11 bits per heavy atom. The number of pyridine rings is 1. The average Bonchev–Trinajstić information content (AvgIpc) is 3.29. The lowest BCUT2D eigenvalue weighted by molar-refractivity contribution is 0.248. The number of benzene rings is 1. The molecule has 4 amide bonds. The Balaban J connectivity index is 1.62. The molecule has 1 aliphatic heterocycles. The minimum Gasteiger partial charge on any atom is -0.373 e. The maximum absolute atomic E-state index is 14.9. The van der Waals surface area contributed by atoms with Crippen molar-refractivity contribution in [2.75, 3.05) is 32.8 Å². The summed E-state index contributed by atoms with van der Waals surface area (Å²) >= 11 is 0. The van der Waals surface area contributed by atoms with Gasteiger partial charge in [0.2, 0.25) is 0 Å². The second-order valence-electron chi connectivity index (χ2n) is 10.3. The molecule has 0 bridgehead atoms. The average molecular weight is 509 g/mol. The van der Waals surface area contributed by atoms with Gasteiger partial charge in [0, 0.05) is 37.1 Å². The van der Waals surface area contributed by atoms with E-state index < -0.39 is 11.8 Å². The number of hydrogen-bond acceptors (Lipinski definition) is 5. The molecule has 0 aliphatic carbocycles. The highest BCUT2D eigenvalue weighted by atomic mass is 19.1. The first-order chi connectivity index (χ1) is 17.4. The third-order valence-corrected chi connectivity index (χ3v) is 6.11. The second kappa shape index (κ2) is 9.72. The highest BCUT2D eigenvalue weighted by molar-refractivity contribution is 6.07. The number of hydrogen-bond donors (Lipinski definition) is 3. The fraction of sp³-hybridized carbons (Fsp3) is 0.385. The van der Waals surface area contributed by atoms with Crippen LogP contribution in [0.3, 0.4) is 0 Å². The van der Waals surface area contributed by atoms with Crippen LogP contribution >= 0.6 is 0 Å². The molecule has 3 aromatic rings. The zero-order chi connectivity index (χ0) is 27.1. The summed E-state index contributed by atoms with van der Waals surface area (Å²) in [5.41, 5.74) is 2.89. The SMILES string of the molecule is CNc1cc2c(cn1)CN(c1cc(NC(=O)Nc3cnn(C(C)(C)C)c3)c(F)cc1C)C(=O)N2C(C)C. The molecular formula is C26H33FN8O2. The van der Waals surface area contributed by atoms with E-state index in [-0.39, 0.29) is 29.8 Å². The highest BCUT2D eigenvalue weighted by Gasteiger charge is 2.34. The Morgan fingerprint density at radius 3 is 2.46 bits per heavy atom. The van der Waals surface area contributed by atoms with Crippen LogP contribution in [-0.2, 0) is 12.1 Å². The van der Waals surface area contributed by atoms with E-state index in [2.05, 4.69) is 26.0 Å². The Labute approximate surface area is 215 Å². The predicted molar refractivity (Wildman–Crippen MR) is 144 cm³/mol. The Bertz CT molecular complexity index is 1340. The minimum absolute atomic E-state index is 0.0420. The first-order valence-corrected chi connectivity index (χ1v) is 12.1. The molecule has 2 aromatic heterocycles. The van der Waals surface area contributed by atoms with Crippen molar-refractivity contribution in [2.45, 2.75) is 59.7 Å². The van der Waals surface area contributed by atoms with Crippen molar-refractivity contribution in [3.05, 3.63) is 53.7 Å². The van der Waals surface area contributed by atoms with E-state index in [4.69, 9.17) is 0 Å². The van der Waals surface area contributed by atoms with Gasteiger partial charge in [-0.2, -0.15) is 5.10 Å². The van der Waals surface area contributed by atoms with Crippen LogP contribution in [0.15, 0.2) is 36.8 Å². The van der Waals surface area contributed by atoms with Crippen LogP contribution in [-0.4, -0.2) is 39.9 Å². The van der Waals surface area contributed by atoms with Gasteiger partial charge in [0.05, 0.1) is 41.0 Å². The predicted octanol–water partition coefficient (Wildman–Crippen LogP) is 5.52. The van der Waals surface area contributed by atoms with Crippen LogP contribution in [0, 0.1) is 12.7 Å². The second-order valence-corrected chi connectivity index (χ2v) is 10.3. The number of aromatic nitrogens is 3. The molecule has 0 saturated heterocycles. The van der Waals surface area contributed by atoms with E-state index in [0.717, 1.165) is 11.3 Å². The molecule has 196 valence electrons. The summed E-state index contributed by atoms with van der Waals surface area (Å²) in [5.74, 6) is 0.0573. The summed E-state index contributed by atoms with van der Waals surface area (Å²) in [6.07, 6.45) is 4.97. The number of nitrogens with zero attached hydrogens (tertiary/aromatic N) is 5. The van der Waals surface area contributed by atoms with Gasteiger partial charge in [-0.15, -0.1) is 0 Å². The highest BCUT2D eigenvalue weighted by Crippen LogP contribution is 2.37. The number of carbonyl (C=O) groups excluding carboxylic acids is 2. The quantitative estimate of drug-likeness (QED) is 0.421. The van der Waals surface area contributed by atoms with Gasteiger partial charge >= 0.3 is 12.1 Å². The number of carbonyl (C=O) groups is 2. The summed E-state index contributed by atoms with van der Waals surface area (Å²) in [5, 5.41) is 12.5. The summed E-state index contributed by atoms with van der Waals surface area (Å²) in [6.45, 7) is 11.8. The summed E-state index contributed by atoms with van der Waals surface area (Å²) < 4.78 is 16.6. The fourth-order valence-electron chi connectivity index (χ4n) is 4.20. The molecule has 0 spiro atoms. The van der Waals surface area contributed by atoms with Crippen molar-refractivity contribution < 1.29 is 14.0 Å². The Morgan fingerprint density at radius 2 is 1.84 bits per heavy atom. The largest absolute Gasteiger partial charge is 0.373 e. The third-order valence-electron chi connectivity index (χ3n) is 6.11. The molecule has 0 fully saturated rings. The van der Waals surface area contributed by atoms with Crippen molar-refractivity contribution in [3.63, 3.8) is 0 Å². The van der Waals surface area contributed by atoms with Gasteiger partial charge in [0.25, 0.3) is 0 Å². The van der Waals surface area contributed by atoms with Crippen LogP contribution in [0.1, 0.15) is 45.7 Å². The number of aryl methyl sites for hydroxylation is 1. The third kappa shape index (κ3) is 5.20. The summed E-state index contributed by atoms with van der Waals surface area (Å²) in [6, 6.07) is 3.66. The first kappa shape index (κ1) is 25.9. The van der Waals surface area contributed by atoms with Crippen LogP contribution in [0.25, 0.3) is 0 Å². The van der Waals surface area contributed by atoms with E-state index in [0.29, 0.717) is 22.8 Å². The first-order valence-electron chi connectivity index (χ1n) is 12.1. The van der Waals surface area contributed by atoms with Gasteiger partial charge in [-0.25, -0.2) is 19.0 Å². The zero-order valence-electron chi connectivity index (χ0n) is 22.2. The van der Waals surface area contributed by atoms with Gasteiger partial charge in [-0.1, -0.05) is 0 Å². The molecule has 11 heteroatoms. The summed E-state index contributed by atoms with van der Waals surface area (Å²) in [4.78, 5) is 34.0. The van der Waals surface area contributed by atoms with Crippen molar-refractivity contribution in [2.24, 2.45) is 0 Å². The molecule has 0 unspecified atom stereocenters. The van der Waals surface area contributed by atoms with Gasteiger partial charge in [-0.3, -0.25) is 14.5 Å². The van der Waals surface area contributed by atoms with Crippen LogP contribution < -0.4 is 25.8 Å². The van der Waals surface area contributed by atoms with Crippen molar-refractivity contribution in [3.8, 4) is 0 Å². The molecule has 1 aliphatic rings. The molecule has 0 saturated carbocycles. The lowest BCUT2D eigenvalue weighted by atomic mass is 10.1. The number of fused-ring (bicyclic) bond motifs is 1. The number of rotatable bonds is 5. The fourth-order valence-corrected chi connectivity index (χ4v) is 4.20. The van der Waals surface area contributed by atoms with E-state index in [9.17, 15) is 14.0 Å². The van der Waals surface area contributed by atoms with Crippen molar-refractivity contribution in [1.29, 1.82) is 0 Å². The lowest BCUT2D eigenvalue weighted by Crippen LogP contribution is -2.50. The Kier molecular flexibility index (Phi) is 6.81. The van der Waals surface area contributed by atoms with Gasteiger partial charge < -0.3 is 16.0 Å². The number of nitrogens with one attached hydrogen (secondary N) is 3. The monoisotopic (exact) mass is 508 g/mol. The lowest BCUT2D eigenvalue weighted by Gasteiger charge is -2.39. The zero-order valence-corrected chi connectivity index (χ0v) is 22.2. The normalized spacial score (nSPS) is 13.6. The molecule has 0 radical (unpaired) electrons. The maximum Gasteiger partial charge on any atom is 0.329 e. The van der Waals surface area contributed by atoms with Crippen LogP contribution in [0.2, 0.25) is 0 Å². The molecule has 37 heavy (non-hydrogen) atoms. The summed E-state index contributed by atoms with van der Waals surface area (Å²) in [7, 11) is 1.77. The number of amides is 4. The standard InChI is InChI=1S/C26H33FN8O2/c1-15(2)35-22-10-23(28-7)29-11-17(22)13-33(25(35)37)21-9-20(19(27)8-16(21)3)32-24(36)31-18-12-30-34(14-18)26(4,5)6/h8-12,14-15H,13H2,1-7H3,(H,28,29)(H2,31,32,36). The Hall–Kier alpha value is -4.15. The van der Waals surface area contributed by atoms with Crippen molar-refractivity contribution in [1.82, 2.24) is 14.8 Å². The number of urea groups is 2. The molecule has 1 aromatic carbocycles. The van der Waals surface area contributed by atoms with Crippen LogP contribution in [0.5, 0.6) is 0 Å². The molecule has 3 N–H and O–H groups in total. The van der Waals surface area contributed by atoms with E-state index in [1.165, 1.54) is 18.3 Å². The van der Waals surface area contributed by atoms with Gasteiger partial charge in [-0.05, 0) is 59.2 Å². The maximum atomic E-state index is 14.9. The number of anilines is 5.